The first-order chi connectivity index (χ1) is 12.5. The molecule has 5 heteroatoms. The number of aliphatic imine (C=N–C) groups is 2. The summed E-state index contributed by atoms with van der Waals surface area (Å²) < 4.78 is 0. The third kappa shape index (κ3) is 4.42. The van der Waals surface area contributed by atoms with E-state index in [1.807, 2.05) is 19.1 Å². The van der Waals surface area contributed by atoms with Gasteiger partial charge in [0.05, 0.1) is 12.1 Å². The fourth-order valence-electron chi connectivity index (χ4n) is 3.20. The van der Waals surface area contributed by atoms with Gasteiger partial charge in [0.15, 0.2) is 0 Å². The van der Waals surface area contributed by atoms with E-state index in [1.54, 1.807) is 24.6 Å². The lowest BCUT2D eigenvalue weighted by molar-refractivity contribution is 0.390. The zero-order valence-electron chi connectivity index (χ0n) is 14.8. The van der Waals surface area contributed by atoms with Crippen LogP contribution in [0.25, 0.3) is 0 Å². The van der Waals surface area contributed by atoms with Crippen molar-refractivity contribution in [3.63, 3.8) is 0 Å². The maximum Gasteiger partial charge on any atom is 0.128 e. The van der Waals surface area contributed by atoms with Gasteiger partial charge < -0.3 is 15.3 Å². The second-order valence-corrected chi connectivity index (χ2v) is 6.78. The molecule has 1 saturated carbocycles. The molecule has 0 aliphatic heterocycles. The Labute approximate surface area is 153 Å². The number of aromatic hydroxyl groups is 3. The maximum atomic E-state index is 10.0. The predicted octanol–water partition coefficient (Wildman–Crippen LogP) is 3.96. The first-order valence-electron chi connectivity index (χ1n) is 8.91. The number of hydrogen-bond donors (Lipinski definition) is 3. The van der Waals surface area contributed by atoms with E-state index < -0.39 is 0 Å². The third-order valence-corrected chi connectivity index (χ3v) is 4.70. The first kappa shape index (κ1) is 18.0. The van der Waals surface area contributed by atoms with Gasteiger partial charge in [0.2, 0.25) is 0 Å². The van der Waals surface area contributed by atoms with Crippen LogP contribution in [0.15, 0.2) is 46.4 Å². The van der Waals surface area contributed by atoms with Gasteiger partial charge in [0, 0.05) is 29.6 Å². The Morgan fingerprint density at radius 3 is 1.88 bits per heavy atom. The number of phenolic OH excluding ortho intramolecular Hbond substituents is 3. The van der Waals surface area contributed by atoms with Crippen molar-refractivity contribution >= 4 is 12.4 Å². The minimum Gasteiger partial charge on any atom is -0.508 e. The van der Waals surface area contributed by atoms with Crippen molar-refractivity contribution in [2.45, 2.75) is 44.7 Å². The fraction of sp³-hybridized carbons (Fsp3) is 0.333. The topological polar surface area (TPSA) is 85.4 Å². The molecule has 1 aliphatic rings. The number of benzene rings is 2. The monoisotopic (exact) mass is 352 g/mol. The second kappa shape index (κ2) is 8.04. The van der Waals surface area contributed by atoms with Crippen molar-refractivity contribution < 1.29 is 15.3 Å². The summed E-state index contributed by atoms with van der Waals surface area (Å²) in [6.45, 7) is 1.94. The largest absolute Gasteiger partial charge is 0.508 e. The van der Waals surface area contributed by atoms with Crippen LogP contribution in [0, 0.1) is 6.92 Å². The van der Waals surface area contributed by atoms with E-state index in [9.17, 15) is 15.3 Å². The molecule has 0 radical (unpaired) electrons. The number of phenols is 3. The van der Waals surface area contributed by atoms with Gasteiger partial charge in [0.1, 0.15) is 17.2 Å². The van der Waals surface area contributed by atoms with Crippen LogP contribution in [0.3, 0.4) is 0 Å². The molecule has 0 heterocycles. The van der Waals surface area contributed by atoms with Gasteiger partial charge in [-0.25, -0.2) is 0 Å². The van der Waals surface area contributed by atoms with Crippen LogP contribution in [0.5, 0.6) is 17.2 Å². The van der Waals surface area contributed by atoms with Gasteiger partial charge in [-0.1, -0.05) is 18.9 Å². The predicted molar refractivity (Wildman–Crippen MR) is 104 cm³/mol. The summed E-state index contributed by atoms with van der Waals surface area (Å²) in [5.74, 6) is 0.269. The molecule has 2 aromatic carbocycles. The first-order valence-corrected chi connectivity index (χ1v) is 8.91. The lowest BCUT2D eigenvalue weighted by Gasteiger charge is -2.25. The zero-order valence-corrected chi connectivity index (χ0v) is 14.8. The summed E-state index contributed by atoms with van der Waals surface area (Å²) in [5, 5.41) is 29.3. The quantitative estimate of drug-likeness (QED) is 0.728. The second-order valence-electron chi connectivity index (χ2n) is 6.78. The highest BCUT2D eigenvalue weighted by atomic mass is 16.3. The normalized spacial score (nSPS) is 20.8. The highest BCUT2D eigenvalue weighted by molar-refractivity contribution is 5.84. The Kier molecular flexibility index (Phi) is 5.56. The smallest absolute Gasteiger partial charge is 0.128 e. The molecule has 2 aromatic rings. The Balaban J connectivity index is 1.75. The van der Waals surface area contributed by atoms with Gasteiger partial charge in [-0.15, -0.1) is 0 Å². The molecule has 3 N–H and O–H groups in total. The van der Waals surface area contributed by atoms with E-state index in [0.29, 0.717) is 11.1 Å². The van der Waals surface area contributed by atoms with Gasteiger partial charge in [-0.3, -0.25) is 9.98 Å². The van der Waals surface area contributed by atoms with Gasteiger partial charge in [-0.05, 0) is 49.6 Å². The molecule has 0 bridgehead atoms. The molecule has 5 nitrogen and oxygen atoms in total. The zero-order chi connectivity index (χ0) is 18.5. The number of aryl methyl sites for hydroxylation is 1. The number of hydrogen-bond acceptors (Lipinski definition) is 5. The minimum absolute atomic E-state index is 0.00851. The molecule has 0 saturated heterocycles. The Hall–Kier alpha value is -2.82. The van der Waals surface area contributed by atoms with Crippen LogP contribution >= 0.6 is 0 Å². The molecule has 2 atom stereocenters. The van der Waals surface area contributed by atoms with Crippen molar-refractivity contribution in [2.24, 2.45) is 9.98 Å². The number of nitrogens with zero attached hydrogens (tertiary/aromatic N) is 2. The summed E-state index contributed by atoms with van der Waals surface area (Å²) in [6.07, 6.45) is 7.48. The molecule has 1 aliphatic carbocycles. The molecular weight excluding hydrogens is 328 g/mol. The molecular formula is C21H24N2O3. The maximum absolute atomic E-state index is 10.0. The van der Waals surface area contributed by atoms with Crippen LogP contribution in [0.4, 0.5) is 0 Å². The molecule has 136 valence electrons. The Morgan fingerprint density at radius 1 is 0.808 bits per heavy atom. The van der Waals surface area contributed by atoms with E-state index in [1.165, 1.54) is 12.1 Å². The van der Waals surface area contributed by atoms with E-state index in [4.69, 9.17) is 0 Å². The van der Waals surface area contributed by atoms with E-state index >= 15 is 0 Å². The standard InChI is InChI=1S/C21H24N2O3/c1-14-6-7-15(20(25)10-14)12-22-18-4-2-3-5-19(18)23-13-16-8-9-17(24)11-21(16)26/h6-13,18-19,24-26H,2-5H2,1H3/t18-,19-/m0/s1. The summed E-state index contributed by atoms with van der Waals surface area (Å²) in [7, 11) is 0. The van der Waals surface area contributed by atoms with Crippen molar-refractivity contribution in [1.29, 1.82) is 0 Å². The average Bonchev–Trinajstić information content (AvgIpc) is 2.61. The molecule has 0 amide bonds. The van der Waals surface area contributed by atoms with Crippen LogP contribution in [-0.4, -0.2) is 39.8 Å². The van der Waals surface area contributed by atoms with Crippen molar-refractivity contribution in [1.82, 2.24) is 0 Å². The van der Waals surface area contributed by atoms with Crippen LogP contribution in [0.2, 0.25) is 0 Å². The van der Waals surface area contributed by atoms with Crippen LogP contribution in [0.1, 0.15) is 42.4 Å². The average molecular weight is 352 g/mol. The van der Waals surface area contributed by atoms with E-state index in [-0.39, 0.29) is 29.3 Å². The summed E-state index contributed by atoms with van der Waals surface area (Å²) in [5.41, 5.74) is 2.29. The van der Waals surface area contributed by atoms with Crippen LogP contribution < -0.4 is 0 Å². The summed E-state index contributed by atoms with van der Waals surface area (Å²) in [6, 6.07) is 10.1. The lowest BCUT2D eigenvalue weighted by Crippen LogP contribution is -2.27. The van der Waals surface area contributed by atoms with E-state index in [0.717, 1.165) is 31.2 Å². The lowest BCUT2D eigenvalue weighted by atomic mass is 9.91. The molecule has 1 fully saturated rings. The summed E-state index contributed by atoms with van der Waals surface area (Å²) in [4.78, 5) is 9.30. The van der Waals surface area contributed by atoms with E-state index in [2.05, 4.69) is 9.98 Å². The van der Waals surface area contributed by atoms with Crippen LogP contribution in [-0.2, 0) is 0 Å². The number of rotatable bonds is 4. The van der Waals surface area contributed by atoms with Crippen molar-refractivity contribution in [3.05, 3.63) is 53.1 Å². The third-order valence-electron chi connectivity index (χ3n) is 4.70. The SMILES string of the molecule is Cc1ccc(C=N[C@H]2CCCC[C@@H]2N=Cc2ccc(O)cc2O)c(O)c1. The summed E-state index contributed by atoms with van der Waals surface area (Å²) >= 11 is 0. The highest BCUT2D eigenvalue weighted by Crippen LogP contribution is 2.26. The van der Waals surface area contributed by atoms with Gasteiger partial charge in [-0.2, -0.15) is 0 Å². The van der Waals surface area contributed by atoms with Gasteiger partial charge >= 0.3 is 0 Å². The molecule has 0 aromatic heterocycles. The van der Waals surface area contributed by atoms with Crippen molar-refractivity contribution in [2.75, 3.05) is 0 Å². The van der Waals surface area contributed by atoms with Gasteiger partial charge in [0.25, 0.3) is 0 Å². The van der Waals surface area contributed by atoms with Crippen molar-refractivity contribution in [3.8, 4) is 17.2 Å². The Bertz CT molecular complexity index is 761. The highest BCUT2D eigenvalue weighted by Gasteiger charge is 2.23. The molecule has 26 heavy (non-hydrogen) atoms. The fourth-order valence-corrected chi connectivity index (χ4v) is 3.20. The minimum atomic E-state index is 0.00851. The molecule has 0 unspecified atom stereocenters. The molecule has 0 spiro atoms. The molecule has 3 rings (SSSR count). The Morgan fingerprint density at radius 2 is 1.35 bits per heavy atom.